The molecular weight excluding hydrogens is 132 g/mol. The number of hydrogen-bond acceptors (Lipinski definition) is 0. The third kappa shape index (κ3) is 7.11. The predicted molar refractivity (Wildman–Crippen MR) is 52.2 cm³/mol. The lowest BCUT2D eigenvalue weighted by atomic mass is 10.1. The van der Waals surface area contributed by atoms with Gasteiger partial charge in [-0.25, -0.2) is 0 Å². The lowest BCUT2D eigenvalue weighted by Crippen LogP contribution is -1.83. The third-order valence-corrected chi connectivity index (χ3v) is 1.43. The summed E-state index contributed by atoms with van der Waals surface area (Å²) in [5, 5.41) is 0. The van der Waals surface area contributed by atoms with Crippen LogP contribution in [0.2, 0.25) is 0 Å². The average Bonchev–Trinajstić information content (AvgIpc) is 2.04. The summed E-state index contributed by atoms with van der Waals surface area (Å²) in [5.74, 6) is 0.449. The van der Waals surface area contributed by atoms with Crippen molar-refractivity contribution in [3.8, 4) is 0 Å². The predicted octanol–water partition coefficient (Wildman–Crippen LogP) is 3.54. The van der Waals surface area contributed by atoms with Crippen LogP contribution < -0.4 is 0 Å². The SMILES string of the molecule is [CH2]C(C=CC=CC=CC)CC. The summed E-state index contributed by atoms with van der Waals surface area (Å²) in [6.45, 7) is 8.08. The molecule has 0 aliphatic rings. The van der Waals surface area contributed by atoms with Crippen molar-refractivity contribution in [2.75, 3.05) is 0 Å². The van der Waals surface area contributed by atoms with Gasteiger partial charge in [0.1, 0.15) is 0 Å². The maximum Gasteiger partial charge on any atom is -0.0233 e. The Morgan fingerprint density at radius 2 is 1.82 bits per heavy atom. The van der Waals surface area contributed by atoms with Crippen LogP contribution in [0.1, 0.15) is 20.3 Å². The number of hydrogen-bond donors (Lipinski definition) is 0. The Morgan fingerprint density at radius 1 is 1.18 bits per heavy atom. The molecule has 0 heterocycles. The average molecular weight is 149 g/mol. The van der Waals surface area contributed by atoms with Crippen LogP contribution >= 0.6 is 0 Å². The Bertz CT molecular complexity index is 149. The quantitative estimate of drug-likeness (QED) is 0.536. The highest BCUT2D eigenvalue weighted by molar-refractivity contribution is 5.11. The number of rotatable bonds is 4. The fraction of sp³-hybridized carbons (Fsp3) is 0.364. The largest absolute Gasteiger partial charge is 0.0877 e. The molecule has 0 saturated carbocycles. The summed E-state index contributed by atoms with van der Waals surface area (Å²) in [5.41, 5.74) is 0. The van der Waals surface area contributed by atoms with Crippen LogP contribution in [0.5, 0.6) is 0 Å². The van der Waals surface area contributed by atoms with Crippen LogP contribution in [0.3, 0.4) is 0 Å². The molecule has 11 heavy (non-hydrogen) atoms. The molecule has 0 aliphatic heterocycles. The number of allylic oxidation sites excluding steroid dienone is 6. The van der Waals surface area contributed by atoms with Gasteiger partial charge in [0, 0.05) is 0 Å². The Balaban J connectivity index is 3.58. The molecule has 1 unspecified atom stereocenters. The van der Waals surface area contributed by atoms with Crippen LogP contribution in [0.15, 0.2) is 36.5 Å². The first-order chi connectivity index (χ1) is 5.31. The van der Waals surface area contributed by atoms with E-state index < -0.39 is 0 Å². The molecule has 0 nitrogen and oxygen atoms in total. The molecule has 0 N–H and O–H groups in total. The molecule has 0 saturated heterocycles. The molecule has 0 amide bonds. The first kappa shape index (κ1) is 10.2. The fourth-order valence-corrected chi connectivity index (χ4v) is 0.597. The smallest absolute Gasteiger partial charge is 0.0233 e. The molecule has 0 aromatic heterocycles. The fourth-order valence-electron chi connectivity index (χ4n) is 0.597. The van der Waals surface area contributed by atoms with E-state index in [9.17, 15) is 0 Å². The molecule has 0 heteroatoms. The van der Waals surface area contributed by atoms with Crippen LogP contribution in [0, 0.1) is 12.8 Å². The van der Waals surface area contributed by atoms with Gasteiger partial charge >= 0.3 is 0 Å². The summed E-state index contributed by atoms with van der Waals surface area (Å²) in [6.07, 6.45) is 13.3. The zero-order valence-corrected chi connectivity index (χ0v) is 7.46. The van der Waals surface area contributed by atoms with Gasteiger partial charge in [-0.2, -0.15) is 0 Å². The van der Waals surface area contributed by atoms with Crippen molar-refractivity contribution in [3.05, 3.63) is 43.4 Å². The second-order valence-electron chi connectivity index (χ2n) is 2.46. The topological polar surface area (TPSA) is 0 Å². The van der Waals surface area contributed by atoms with Crippen molar-refractivity contribution < 1.29 is 0 Å². The van der Waals surface area contributed by atoms with Gasteiger partial charge in [-0.05, 0) is 26.2 Å². The second kappa shape index (κ2) is 7.33. The van der Waals surface area contributed by atoms with Gasteiger partial charge in [-0.1, -0.05) is 43.4 Å². The van der Waals surface area contributed by atoms with Gasteiger partial charge in [0.2, 0.25) is 0 Å². The van der Waals surface area contributed by atoms with Crippen molar-refractivity contribution in [1.82, 2.24) is 0 Å². The second-order valence-corrected chi connectivity index (χ2v) is 2.46. The van der Waals surface area contributed by atoms with Crippen LogP contribution in [0.25, 0.3) is 0 Å². The standard InChI is InChI=1S/C11H17/c1-4-6-7-8-9-10-11(3)5-2/h4,6-11H,3,5H2,1-2H3. The highest BCUT2D eigenvalue weighted by Crippen LogP contribution is 2.00. The van der Waals surface area contributed by atoms with Gasteiger partial charge in [-0.3, -0.25) is 0 Å². The van der Waals surface area contributed by atoms with Crippen LogP contribution in [0.4, 0.5) is 0 Å². The molecule has 1 atom stereocenters. The molecule has 0 rings (SSSR count). The highest BCUT2D eigenvalue weighted by atomic mass is 13.9. The van der Waals surface area contributed by atoms with E-state index in [1.807, 2.05) is 37.3 Å². The van der Waals surface area contributed by atoms with Crippen molar-refractivity contribution in [1.29, 1.82) is 0 Å². The zero-order chi connectivity index (χ0) is 8.53. The van der Waals surface area contributed by atoms with Gasteiger partial charge in [-0.15, -0.1) is 0 Å². The zero-order valence-electron chi connectivity index (χ0n) is 7.46. The third-order valence-electron chi connectivity index (χ3n) is 1.43. The molecule has 1 radical (unpaired) electrons. The Labute approximate surface area is 70.3 Å². The molecule has 0 spiro atoms. The minimum absolute atomic E-state index is 0.449. The van der Waals surface area contributed by atoms with Crippen molar-refractivity contribution in [3.63, 3.8) is 0 Å². The summed E-state index contributed by atoms with van der Waals surface area (Å²) in [4.78, 5) is 0. The first-order valence-corrected chi connectivity index (χ1v) is 4.10. The highest BCUT2D eigenvalue weighted by Gasteiger charge is 1.87. The maximum atomic E-state index is 3.94. The van der Waals surface area contributed by atoms with E-state index in [2.05, 4.69) is 19.9 Å². The molecule has 61 valence electrons. The van der Waals surface area contributed by atoms with Crippen molar-refractivity contribution in [2.45, 2.75) is 20.3 Å². The van der Waals surface area contributed by atoms with E-state index in [4.69, 9.17) is 0 Å². The molecule has 0 bridgehead atoms. The summed E-state index contributed by atoms with van der Waals surface area (Å²) in [7, 11) is 0. The lowest BCUT2D eigenvalue weighted by molar-refractivity contribution is 0.770. The lowest BCUT2D eigenvalue weighted by Gasteiger charge is -1.95. The molecular formula is C11H17. The summed E-state index contributed by atoms with van der Waals surface area (Å²) < 4.78 is 0. The van der Waals surface area contributed by atoms with E-state index in [1.165, 1.54) is 0 Å². The van der Waals surface area contributed by atoms with E-state index in [0.717, 1.165) is 6.42 Å². The van der Waals surface area contributed by atoms with E-state index in [0.29, 0.717) is 5.92 Å². The minimum atomic E-state index is 0.449. The summed E-state index contributed by atoms with van der Waals surface area (Å²) in [6, 6.07) is 0. The Morgan fingerprint density at radius 3 is 2.36 bits per heavy atom. The Hall–Kier alpha value is -0.780. The van der Waals surface area contributed by atoms with E-state index in [1.54, 1.807) is 0 Å². The van der Waals surface area contributed by atoms with Gasteiger partial charge in [0.05, 0.1) is 0 Å². The Kier molecular flexibility index (Phi) is 6.81. The molecule has 0 aromatic rings. The normalized spacial score (nSPS) is 15.5. The van der Waals surface area contributed by atoms with Crippen molar-refractivity contribution >= 4 is 0 Å². The first-order valence-electron chi connectivity index (χ1n) is 4.10. The van der Waals surface area contributed by atoms with E-state index in [-0.39, 0.29) is 0 Å². The van der Waals surface area contributed by atoms with Gasteiger partial charge < -0.3 is 0 Å². The van der Waals surface area contributed by atoms with Crippen molar-refractivity contribution in [2.24, 2.45) is 5.92 Å². The molecule has 0 aromatic carbocycles. The van der Waals surface area contributed by atoms with E-state index >= 15 is 0 Å². The maximum absolute atomic E-state index is 3.94. The van der Waals surface area contributed by atoms with Crippen LogP contribution in [-0.4, -0.2) is 0 Å². The van der Waals surface area contributed by atoms with Crippen LogP contribution in [-0.2, 0) is 0 Å². The summed E-state index contributed by atoms with van der Waals surface area (Å²) >= 11 is 0. The van der Waals surface area contributed by atoms with Gasteiger partial charge in [0.25, 0.3) is 0 Å². The molecule has 0 fully saturated rings. The molecule has 0 aliphatic carbocycles. The minimum Gasteiger partial charge on any atom is -0.0877 e. The van der Waals surface area contributed by atoms with Gasteiger partial charge in [0.15, 0.2) is 0 Å². The monoisotopic (exact) mass is 149 g/mol.